The molecule has 0 aliphatic carbocycles. The molecule has 0 unspecified atom stereocenters. The first kappa shape index (κ1) is 16.8. The largest absolute Gasteiger partial charge is 0.507 e. The summed E-state index contributed by atoms with van der Waals surface area (Å²) in [5.41, 5.74) is 2.79. The number of hydrogen-bond donors (Lipinski definition) is 1. The van der Waals surface area contributed by atoms with E-state index < -0.39 is 0 Å². The van der Waals surface area contributed by atoms with Crippen molar-refractivity contribution in [2.24, 2.45) is 0 Å². The molecule has 27 heavy (non-hydrogen) atoms. The minimum absolute atomic E-state index is 0.0557. The molecule has 0 saturated carbocycles. The number of aliphatic hydroxyl groups excluding tert-OH is 1. The molecule has 0 atom stereocenters. The van der Waals surface area contributed by atoms with Gasteiger partial charge in [0.1, 0.15) is 11.6 Å². The number of aliphatic hydroxyl groups is 1. The summed E-state index contributed by atoms with van der Waals surface area (Å²) >= 11 is 0. The van der Waals surface area contributed by atoms with Crippen LogP contribution in [0.1, 0.15) is 17.0 Å². The van der Waals surface area contributed by atoms with Crippen LogP contribution in [0, 0.1) is 6.92 Å². The number of fused-ring (bicyclic) bond motifs is 1. The van der Waals surface area contributed by atoms with Gasteiger partial charge in [0, 0.05) is 11.6 Å². The van der Waals surface area contributed by atoms with Crippen molar-refractivity contribution in [1.29, 1.82) is 0 Å². The third kappa shape index (κ3) is 3.13. The average Bonchev–Trinajstić information content (AvgIpc) is 2.70. The van der Waals surface area contributed by atoms with Crippen molar-refractivity contribution >= 4 is 22.7 Å². The lowest BCUT2D eigenvalue weighted by molar-refractivity contribution is 0.515. The molecule has 1 heterocycles. The number of para-hydroxylation sites is 2. The Balaban J connectivity index is 2.03. The van der Waals surface area contributed by atoms with Crippen molar-refractivity contribution in [3.63, 3.8) is 0 Å². The second-order valence-electron chi connectivity index (χ2n) is 6.31. The van der Waals surface area contributed by atoms with E-state index in [-0.39, 0.29) is 11.3 Å². The molecule has 132 valence electrons. The van der Waals surface area contributed by atoms with Crippen LogP contribution in [0.3, 0.4) is 0 Å². The Labute approximate surface area is 156 Å². The molecular weight excluding hydrogens is 336 g/mol. The fourth-order valence-corrected chi connectivity index (χ4v) is 3.11. The Bertz CT molecular complexity index is 1210. The zero-order chi connectivity index (χ0) is 18.8. The van der Waals surface area contributed by atoms with Crippen LogP contribution in [-0.4, -0.2) is 14.7 Å². The maximum atomic E-state index is 13.2. The highest BCUT2D eigenvalue weighted by Gasteiger charge is 2.13. The van der Waals surface area contributed by atoms with Gasteiger partial charge in [0.05, 0.1) is 16.6 Å². The van der Waals surface area contributed by atoms with Crippen LogP contribution >= 0.6 is 0 Å². The normalized spacial score (nSPS) is 11.7. The minimum Gasteiger partial charge on any atom is -0.507 e. The highest BCUT2D eigenvalue weighted by molar-refractivity contribution is 5.81. The molecule has 4 nitrogen and oxygen atoms in total. The number of aryl methyl sites for hydroxylation is 1. The summed E-state index contributed by atoms with van der Waals surface area (Å²) in [6, 6.07) is 24.1. The molecule has 0 fully saturated rings. The number of nitrogens with zero attached hydrogens (tertiary/aromatic N) is 2. The molecule has 0 aliphatic heterocycles. The zero-order valence-electron chi connectivity index (χ0n) is 14.8. The molecular formula is C23H18N2O2. The number of rotatable bonds is 3. The van der Waals surface area contributed by atoms with Crippen molar-refractivity contribution in [3.8, 4) is 5.69 Å². The SMILES string of the molecule is Cc1ccccc1-n1c(/C=C(\O)c2ccccc2)nc2ccccc2c1=O. The van der Waals surface area contributed by atoms with Gasteiger partial charge < -0.3 is 5.11 Å². The van der Waals surface area contributed by atoms with Gasteiger partial charge in [-0.15, -0.1) is 0 Å². The van der Waals surface area contributed by atoms with Crippen LogP contribution < -0.4 is 5.56 Å². The molecule has 0 spiro atoms. The summed E-state index contributed by atoms with van der Waals surface area (Å²) in [6.07, 6.45) is 1.54. The van der Waals surface area contributed by atoms with E-state index in [1.54, 1.807) is 16.7 Å². The van der Waals surface area contributed by atoms with E-state index >= 15 is 0 Å². The first-order chi connectivity index (χ1) is 13.1. The van der Waals surface area contributed by atoms with Crippen LogP contribution in [0.15, 0.2) is 83.7 Å². The molecule has 0 amide bonds. The second kappa shape index (κ2) is 6.92. The predicted octanol–water partition coefficient (Wildman–Crippen LogP) is 4.75. The van der Waals surface area contributed by atoms with E-state index in [1.165, 1.54) is 6.08 Å². The maximum absolute atomic E-state index is 13.2. The lowest BCUT2D eigenvalue weighted by Crippen LogP contribution is -2.23. The van der Waals surface area contributed by atoms with E-state index in [0.29, 0.717) is 22.3 Å². The Morgan fingerprint density at radius 1 is 0.926 bits per heavy atom. The smallest absolute Gasteiger partial charge is 0.266 e. The van der Waals surface area contributed by atoms with Crippen LogP contribution in [0.4, 0.5) is 0 Å². The van der Waals surface area contributed by atoms with Gasteiger partial charge in [0.15, 0.2) is 0 Å². The molecule has 3 aromatic carbocycles. The number of hydrogen-bond acceptors (Lipinski definition) is 3. The van der Waals surface area contributed by atoms with Gasteiger partial charge >= 0.3 is 0 Å². The van der Waals surface area contributed by atoms with E-state index in [0.717, 1.165) is 11.3 Å². The maximum Gasteiger partial charge on any atom is 0.266 e. The summed E-state index contributed by atoms with van der Waals surface area (Å²) in [6.45, 7) is 1.95. The van der Waals surface area contributed by atoms with Crippen LogP contribution in [-0.2, 0) is 0 Å². The molecule has 4 rings (SSSR count). The van der Waals surface area contributed by atoms with E-state index in [2.05, 4.69) is 4.98 Å². The quantitative estimate of drug-likeness (QED) is 0.540. The van der Waals surface area contributed by atoms with Crippen molar-refractivity contribution in [1.82, 2.24) is 9.55 Å². The summed E-state index contributed by atoms with van der Waals surface area (Å²) in [4.78, 5) is 17.9. The first-order valence-electron chi connectivity index (χ1n) is 8.69. The molecule has 0 bridgehead atoms. The molecule has 0 radical (unpaired) electrons. The van der Waals surface area contributed by atoms with Gasteiger partial charge in [-0.1, -0.05) is 60.7 Å². The fourth-order valence-electron chi connectivity index (χ4n) is 3.11. The van der Waals surface area contributed by atoms with Crippen molar-refractivity contribution in [2.75, 3.05) is 0 Å². The monoisotopic (exact) mass is 354 g/mol. The van der Waals surface area contributed by atoms with E-state index in [4.69, 9.17) is 0 Å². The third-order valence-corrected chi connectivity index (χ3v) is 4.49. The van der Waals surface area contributed by atoms with Gasteiger partial charge in [-0.25, -0.2) is 4.98 Å². The Morgan fingerprint density at radius 2 is 1.59 bits per heavy atom. The lowest BCUT2D eigenvalue weighted by Gasteiger charge is -2.14. The molecule has 4 aromatic rings. The van der Waals surface area contributed by atoms with Gasteiger partial charge in [0.25, 0.3) is 5.56 Å². The third-order valence-electron chi connectivity index (χ3n) is 4.49. The molecule has 4 heteroatoms. The average molecular weight is 354 g/mol. The zero-order valence-corrected chi connectivity index (χ0v) is 14.8. The van der Waals surface area contributed by atoms with Gasteiger partial charge in [-0.3, -0.25) is 9.36 Å². The molecule has 1 aromatic heterocycles. The summed E-state index contributed by atoms with van der Waals surface area (Å²) in [5.74, 6) is 0.439. The van der Waals surface area contributed by atoms with Gasteiger partial charge in [0.2, 0.25) is 0 Å². The van der Waals surface area contributed by atoms with Crippen LogP contribution in [0.2, 0.25) is 0 Å². The lowest BCUT2D eigenvalue weighted by atomic mass is 10.1. The van der Waals surface area contributed by atoms with Crippen molar-refractivity contribution < 1.29 is 5.11 Å². The Morgan fingerprint density at radius 3 is 2.37 bits per heavy atom. The summed E-state index contributed by atoms with van der Waals surface area (Å²) < 4.78 is 1.55. The van der Waals surface area contributed by atoms with E-state index in [1.807, 2.05) is 73.7 Å². The highest BCUT2D eigenvalue weighted by atomic mass is 16.3. The summed E-state index contributed by atoms with van der Waals surface area (Å²) in [7, 11) is 0. The number of benzene rings is 3. The molecule has 0 aliphatic rings. The van der Waals surface area contributed by atoms with E-state index in [9.17, 15) is 9.90 Å². The number of aromatic nitrogens is 2. The van der Waals surface area contributed by atoms with Crippen molar-refractivity contribution in [2.45, 2.75) is 6.92 Å². The topological polar surface area (TPSA) is 55.1 Å². The molecule has 1 N–H and O–H groups in total. The van der Waals surface area contributed by atoms with Crippen molar-refractivity contribution in [3.05, 3.63) is 106 Å². The van der Waals surface area contributed by atoms with Crippen LogP contribution in [0.25, 0.3) is 28.4 Å². The standard InChI is InChI=1S/C23H18N2O2/c1-16-9-5-8-14-20(16)25-22(15-21(26)17-10-3-2-4-11-17)24-19-13-7-6-12-18(19)23(25)27/h2-15,26H,1H3/b21-15-. The van der Waals surface area contributed by atoms with Gasteiger partial charge in [-0.05, 0) is 30.7 Å². The first-order valence-corrected chi connectivity index (χ1v) is 8.69. The molecule has 0 saturated heterocycles. The Hall–Kier alpha value is -3.66. The van der Waals surface area contributed by atoms with Gasteiger partial charge in [-0.2, -0.15) is 0 Å². The predicted molar refractivity (Wildman–Crippen MR) is 109 cm³/mol. The second-order valence-corrected chi connectivity index (χ2v) is 6.31. The van der Waals surface area contributed by atoms with Crippen LogP contribution in [0.5, 0.6) is 0 Å². The highest BCUT2D eigenvalue weighted by Crippen LogP contribution is 2.20. The Kier molecular flexibility index (Phi) is 4.30. The fraction of sp³-hybridized carbons (Fsp3) is 0.0435. The minimum atomic E-state index is -0.165. The summed E-state index contributed by atoms with van der Waals surface area (Å²) in [5, 5.41) is 11.1.